The largest absolute Gasteiger partial charge is 0.494 e. The van der Waals surface area contributed by atoms with Crippen molar-refractivity contribution in [2.45, 2.75) is 6.42 Å². The van der Waals surface area contributed by atoms with Crippen LogP contribution in [0.1, 0.15) is 6.42 Å². The van der Waals surface area contributed by atoms with E-state index in [1.54, 1.807) is 12.1 Å². The molecule has 0 atom stereocenters. The molecule has 0 aliphatic carbocycles. The standard InChI is InChI=1S/C25H26FN7O3/c1-31-24(34)21-23(33(25(31)35)19-7-5-18(26)6-8-19)30-29-22(28-21)17-3-9-20(10-4-17)36-16-2-13-32-14-11-27-12-15-32/h3-10,27H,2,11-16H2,1H3. The van der Waals surface area contributed by atoms with E-state index in [0.717, 1.165) is 49.5 Å². The highest BCUT2D eigenvalue weighted by molar-refractivity contribution is 5.73. The van der Waals surface area contributed by atoms with Gasteiger partial charge in [0, 0.05) is 45.3 Å². The van der Waals surface area contributed by atoms with Crippen molar-refractivity contribution in [2.24, 2.45) is 7.05 Å². The molecule has 2 aromatic heterocycles. The molecule has 0 radical (unpaired) electrons. The Hall–Kier alpha value is -3.96. The maximum atomic E-state index is 13.4. The van der Waals surface area contributed by atoms with E-state index in [1.165, 1.54) is 35.9 Å². The summed E-state index contributed by atoms with van der Waals surface area (Å²) in [7, 11) is 1.36. The molecule has 1 fully saturated rings. The van der Waals surface area contributed by atoms with Crippen molar-refractivity contribution < 1.29 is 9.13 Å². The second-order valence-electron chi connectivity index (χ2n) is 8.58. The van der Waals surface area contributed by atoms with Crippen molar-refractivity contribution in [1.29, 1.82) is 0 Å². The van der Waals surface area contributed by atoms with Crippen LogP contribution in [0.4, 0.5) is 4.39 Å². The summed E-state index contributed by atoms with van der Waals surface area (Å²) in [6.07, 6.45) is 0.943. The smallest absolute Gasteiger partial charge is 0.337 e. The first-order valence-corrected chi connectivity index (χ1v) is 11.8. The Morgan fingerprint density at radius 2 is 1.72 bits per heavy atom. The molecule has 0 amide bonds. The first kappa shape index (κ1) is 23.8. The van der Waals surface area contributed by atoms with Crippen molar-refractivity contribution in [3.63, 3.8) is 0 Å². The van der Waals surface area contributed by atoms with Crippen LogP contribution in [0.2, 0.25) is 0 Å². The van der Waals surface area contributed by atoms with Gasteiger partial charge in [-0.2, -0.15) is 0 Å². The van der Waals surface area contributed by atoms with Crippen LogP contribution in [-0.4, -0.2) is 68.5 Å². The van der Waals surface area contributed by atoms with Gasteiger partial charge in [-0.3, -0.25) is 9.36 Å². The predicted octanol–water partition coefficient (Wildman–Crippen LogP) is 1.35. The lowest BCUT2D eigenvalue weighted by Gasteiger charge is -2.26. The van der Waals surface area contributed by atoms with Gasteiger partial charge in [0.25, 0.3) is 5.56 Å². The van der Waals surface area contributed by atoms with E-state index in [1.807, 2.05) is 12.1 Å². The van der Waals surface area contributed by atoms with E-state index >= 15 is 0 Å². The summed E-state index contributed by atoms with van der Waals surface area (Å²) < 4.78 is 21.4. The number of aromatic nitrogens is 5. The van der Waals surface area contributed by atoms with Gasteiger partial charge in [-0.05, 0) is 55.0 Å². The van der Waals surface area contributed by atoms with Crippen molar-refractivity contribution in [2.75, 3.05) is 39.3 Å². The zero-order valence-corrected chi connectivity index (χ0v) is 19.9. The third kappa shape index (κ3) is 4.88. The number of fused-ring (bicyclic) bond motifs is 1. The predicted molar refractivity (Wildman–Crippen MR) is 133 cm³/mol. The number of rotatable bonds is 7. The van der Waals surface area contributed by atoms with E-state index in [9.17, 15) is 14.0 Å². The minimum absolute atomic E-state index is 0.00268. The fraction of sp³-hybridized carbons (Fsp3) is 0.320. The Labute approximate surface area is 206 Å². The van der Waals surface area contributed by atoms with Gasteiger partial charge in [0.1, 0.15) is 11.6 Å². The van der Waals surface area contributed by atoms with Crippen LogP contribution in [0.15, 0.2) is 58.1 Å². The molecule has 0 spiro atoms. The Morgan fingerprint density at radius 1 is 1.00 bits per heavy atom. The third-order valence-corrected chi connectivity index (χ3v) is 6.16. The Bertz CT molecular complexity index is 1480. The van der Waals surface area contributed by atoms with Gasteiger partial charge in [0.2, 0.25) is 0 Å². The molecule has 2 aromatic carbocycles. The van der Waals surface area contributed by atoms with Gasteiger partial charge >= 0.3 is 5.69 Å². The molecule has 0 bridgehead atoms. The molecule has 5 rings (SSSR count). The summed E-state index contributed by atoms with van der Waals surface area (Å²) in [6.45, 7) is 5.83. The van der Waals surface area contributed by atoms with Gasteiger partial charge in [-0.25, -0.2) is 18.7 Å². The SMILES string of the molecule is Cn1c(=O)c2nc(-c3ccc(OCCCN4CCNCC4)cc3)nnc2n(-c2ccc(F)cc2)c1=O. The molecule has 1 saturated heterocycles. The number of piperazine rings is 1. The normalized spacial score (nSPS) is 14.3. The third-order valence-electron chi connectivity index (χ3n) is 6.16. The first-order valence-electron chi connectivity index (χ1n) is 11.8. The van der Waals surface area contributed by atoms with E-state index in [2.05, 4.69) is 25.4 Å². The van der Waals surface area contributed by atoms with E-state index < -0.39 is 17.1 Å². The van der Waals surface area contributed by atoms with Crippen molar-refractivity contribution in [3.8, 4) is 22.8 Å². The number of benzene rings is 2. The molecular weight excluding hydrogens is 465 g/mol. The average molecular weight is 492 g/mol. The number of nitrogens with zero attached hydrogens (tertiary/aromatic N) is 6. The molecule has 36 heavy (non-hydrogen) atoms. The number of hydrogen-bond donors (Lipinski definition) is 1. The summed E-state index contributed by atoms with van der Waals surface area (Å²) >= 11 is 0. The lowest BCUT2D eigenvalue weighted by molar-refractivity contribution is 0.214. The van der Waals surface area contributed by atoms with E-state index in [0.29, 0.717) is 17.9 Å². The van der Waals surface area contributed by atoms with Crippen LogP contribution in [0.3, 0.4) is 0 Å². The maximum Gasteiger partial charge on any atom is 0.337 e. The molecule has 10 nitrogen and oxygen atoms in total. The molecular formula is C25H26FN7O3. The Morgan fingerprint density at radius 3 is 2.44 bits per heavy atom. The van der Waals surface area contributed by atoms with Crippen molar-refractivity contribution >= 4 is 11.2 Å². The minimum atomic E-state index is -0.624. The highest BCUT2D eigenvalue weighted by atomic mass is 19.1. The van der Waals surface area contributed by atoms with Gasteiger partial charge < -0.3 is 15.0 Å². The molecule has 1 N–H and O–H groups in total. The number of nitrogens with one attached hydrogen (secondary N) is 1. The fourth-order valence-corrected chi connectivity index (χ4v) is 4.16. The highest BCUT2D eigenvalue weighted by Gasteiger charge is 2.17. The lowest BCUT2D eigenvalue weighted by Crippen LogP contribution is -2.43. The number of hydrogen-bond acceptors (Lipinski definition) is 8. The van der Waals surface area contributed by atoms with Gasteiger partial charge in [-0.15, -0.1) is 10.2 Å². The van der Waals surface area contributed by atoms with Crippen molar-refractivity contribution in [3.05, 3.63) is 75.2 Å². The molecule has 186 valence electrons. The second kappa shape index (κ2) is 10.3. The molecule has 3 heterocycles. The molecule has 11 heteroatoms. The molecule has 1 aliphatic rings. The first-order chi connectivity index (χ1) is 17.5. The van der Waals surface area contributed by atoms with E-state index in [4.69, 9.17) is 4.74 Å². The summed E-state index contributed by atoms with van der Waals surface area (Å²) in [5.41, 5.74) is -0.221. The number of halogens is 1. The Kier molecular flexibility index (Phi) is 6.83. The maximum absolute atomic E-state index is 13.4. The monoisotopic (exact) mass is 491 g/mol. The quantitative estimate of drug-likeness (QED) is 0.386. The summed E-state index contributed by atoms with van der Waals surface area (Å²) in [6, 6.07) is 12.6. The number of ether oxygens (including phenoxy) is 1. The summed E-state index contributed by atoms with van der Waals surface area (Å²) in [5, 5.41) is 11.7. The lowest BCUT2D eigenvalue weighted by atomic mass is 10.2. The zero-order chi connectivity index (χ0) is 25.1. The van der Waals surface area contributed by atoms with Crippen LogP contribution in [0.25, 0.3) is 28.2 Å². The fourth-order valence-electron chi connectivity index (χ4n) is 4.16. The van der Waals surface area contributed by atoms with E-state index in [-0.39, 0.29) is 17.0 Å². The second-order valence-corrected chi connectivity index (χ2v) is 8.58. The van der Waals surface area contributed by atoms with Crippen LogP contribution in [0, 0.1) is 5.82 Å². The molecule has 4 aromatic rings. The van der Waals surface area contributed by atoms with Gasteiger partial charge in [0.15, 0.2) is 17.0 Å². The molecule has 1 aliphatic heterocycles. The van der Waals surface area contributed by atoms with Crippen LogP contribution in [-0.2, 0) is 7.05 Å². The minimum Gasteiger partial charge on any atom is -0.494 e. The topological polar surface area (TPSA) is 107 Å². The van der Waals surface area contributed by atoms with Crippen LogP contribution >= 0.6 is 0 Å². The van der Waals surface area contributed by atoms with Gasteiger partial charge in [0.05, 0.1) is 12.3 Å². The van der Waals surface area contributed by atoms with Gasteiger partial charge in [-0.1, -0.05) is 0 Å². The van der Waals surface area contributed by atoms with Crippen molar-refractivity contribution in [1.82, 2.24) is 34.5 Å². The van der Waals surface area contributed by atoms with Crippen LogP contribution < -0.4 is 21.3 Å². The Balaban J connectivity index is 1.36. The van der Waals surface area contributed by atoms with Crippen LogP contribution in [0.5, 0.6) is 5.75 Å². The molecule has 0 saturated carbocycles. The zero-order valence-electron chi connectivity index (χ0n) is 19.9. The summed E-state index contributed by atoms with van der Waals surface area (Å²) in [5.74, 6) is 0.530. The molecule has 0 unspecified atom stereocenters. The average Bonchev–Trinajstić information content (AvgIpc) is 2.92. The summed E-state index contributed by atoms with van der Waals surface area (Å²) in [4.78, 5) is 32.5. The highest BCUT2D eigenvalue weighted by Crippen LogP contribution is 2.20.